The second-order valence-corrected chi connectivity index (χ2v) is 1.54. The monoisotopic (exact) mass is 293 g/mol. The van der Waals surface area contributed by atoms with Crippen LogP contribution in [-0.2, 0) is 4.57 Å². The normalized spacial score (nSPS) is 8.43. The van der Waals surface area contributed by atoms with Crippen molar-refractivity contribution in [1.29, 1.82) is 0 Å². The standard InChI is InChI=1S/Ca.Eu.H3O4P.2H/c;;1-5(2,3)4;;/h;;(H3,1,2,3,4);;. The van der Waals surface area contributed by atoms with E-state index in [1.807, 2.05) is 0 Å². The van der Waals surface area contributed by atoms with Crippen LogP contribution in [0.15, 0.2) is 0 Å². The van der Waals surface area contributed by atoms with Gasteiger partial charge in [-0.05, 0) is 0 Å². The second kappa shape index (κ2) is 7.07. The molecule has 0 saturated heterocycles. The molecule has 1 radical (unpaired) electrons. The first kappa shape index (κ1) is 16.5. The van der Waals surface area contributed by atoms with Crippen molar-refractivity contribution in [2.75, 3.05) is 0 Å². The molecule has 0 unspecified atom stereocenters. The first-order valence-electron chi connectivity index (χ1n) is 0.783. The summed E-state index contributed by atoms with van der Waals surface area (Å²) in [7, 11) is -4.64. The largest absolute Gasteiger partial charge is 0 e. The maximum Gasteiger partial charge on any atom is 0 e. The van der Waals surface area contributed by atoms with Gasteiger partial charge in [-0.2, -0.15) is 0 Å². The van der Waals surface area contributed by atoms with Crippen molar-refractivity contribution in [2.24, 2.45) is 0 Å². The topological polar surface area (TPSA) is 77.8 Å². The van der Waals surface area contributed by atoms with Crippen molar-refractivity contribution in [2.45, 2.75) is 0 Å². The molecule has 4 nitrogen and oxygen atoms in total. The van der Waals surface area contributed by atoms with Crippen LogP contribution in [0.3, 0.4) is 0 Å². The van der Waals surface area contributed by atoms with Crippen molar-refractivity contribution in [3.8, 4) is 0 Å². The first-order valence-corrected chi connectivity index (χ1v) is 2.35. The average molecular weight is 292 g/mol. The van der Waals surface area contributed by atoms with Crippen molar-refractivity contribution >= 4 is 45.6 Å². The van der Waals surface area contributed by atoms with Gasteiger partial charge in [-0.25, -0.2) is 4.57 Å². The number of rotatable bonds is 0. The number of phosphoric acid groups is 1. The van der Waals surface area contributed by atoms with Gasteiger partial charge in [0.15, 0.2) is 0 Å². The molecule has 0 amide bonds. The summed E-state index contributed by atoms with van der Waals surface area (Å²) < 4.78 is 8.88. The molecule has 0 aromatic carbocycles. The van der Waals surface area contributed by atoms with E-state index in [9.17, 15) is 0 Å². The van der Waals surface area contributed by atoms with Crippen molar-refractivity contribution in [3.63, 3.8) is 0 Å². The van der Waals surface area contributed by atoms with E-state index >= 15 is 0 Å². The summed E-state index contributed by atoms with van der Waals surface area (Å²) in [6.07, 6.45) is 0. The van der Waals surface area contributed by atoms with Crippen LogP contribution < -0.4 is 0 Å². The third kappa shape index (κ3) is 49.6. The smallest absolute Gasteiger partial charge is 0 e. The van der Waals surface area contributed by atoms with E-state index in [2.05, 4.69) is 0 Å². The molecule has 0 bridgehead atoms. The fraction of sp³-hybridized carbons (Fsp3) is 0. The summed E-state index contributed by atoms with van der Waals surface area (Å²) in [5, 5.41) is 0. The van der Waals surface area contributed by atoms with Crippen LogP contribution in [0.1, 0.15) is 0 Å². The van der Waals surface area contributed by atoms with Crippen LogP contribution in [-0.4, -0.2) is 52.4 Å². The van der Waals surface area contributed by atoms with E-state index < -0.39 is 7.82 Å². The summed E-state index contributed by atoms with van der Waals surface area (Å²) in [6, 6.07) is 0. The van der Waals surface area contributed by atoms with Gasteiger partial charge in [-0.3, -0.25) is 0 Å². The molecule has 0 aliphatic carbocycles. The minimum Gasteiger partial charge on any atom is 0 e. The fourth-order valence-electron chi connectivity index (χ4n) is 0. The Morgan fingerprint density at radius 2 is 1.14 bits per heavy atom. The Bertz CT molecular complexity index is 57.8. The van der Waals surface area contributed by atoms with E-state index in [0.717, 1.165) is 0 Å². The summed E-state index contributed by atoms with van der Waals surface area (Å²) in [6.45, 7) is 0. The van der Waals surface area contributed by atoms with Gasteiger partial charge in [0.05, 0.1) is 0 Å². The number of hydrogen-bond acceptors (Lipinski definition) is 1. The minimum atomic E-state index is -4.64. The maximum absolute atomic E-state index is 8.88. The van der Waals surface area contributed by atoms with E-state index in [4.69, 9.17) is 19.2 Å². The predicted octanol–water partition coefficient (Wildman–Crippen LogP) is -1.84. The third-order valence-corrected chi connectivity index (χ3v) is 0. The Kier molecular flexibility index (Phi) is 16.7. The van der Waals surface area contributed by atoms with Gasteiger partial charge in [0.1, 0.15) is 0 Å². The fourth-order valence-corrected chi connectivity index (χ4v) is 0. The Morgan fingerprint density at radius 3 is 1.14 bits per heavy atom. The molecule has 0 heterocycles. The Labute approximate surface area is 111 Å². The summed E-state index contributed by atoms with van der Waals surface area (Å²) in [5.41, 5.74) is 0. The molecule has 7 heteroatoms. The van der Waals surface area contributed by atoms with Gasteiger partial charge in [0, 0.05) is 49.4 Å². The van der Waals surface area contributed by atoms with Crippen LogP contribution in [0, 0.1) is 49.4 Å². The quantitative estimate of drug-likeness (QED) is 0.362. The summed E-state index contributed by atoms with van der Waals surface area (Å²) in [5.74, 6) is 0. The van der Waals surface area contributed by atoms with Gasteiger partial charge >= 0.3 is 45.6 Å². The van der Waals surface area contributed by atoms with Gasteiger partial charge in [0.2, 0.25) is 0 Å². The van der Waals surface area contributed by atoms with Crippen molar-refractivity contribution in [3.05, 3.63) is 0 Å². The van der Waals surface area contributed by atoms with Crippen molar-refractivity contribution in [1.82, 2.24) is 0 Å². The molecule has 0 saturated carbocycles. The number of hydrogen-bond donors (Lipinski definition) is 3. The summed E-state index contributed by atoms with van der Waals surface area (Å²) >= 11 is 0. The van der Waals surface area contributed by atoms with Crippen molar-refractivity contribution < 1.29 is 68.6 Å². The van der Waals surface area contributed by atoms with Crippen LogP contribution in [0.2, 0.25) is 0 Å². The van der Waals surface area contributed by atoms with Gasteiger partial charge < -0.3 is 14.7 Å². The molecule has 7 heavy (non-hydrogen) atoms. The molecule has 0 fully saturated rings. The summed E-state index contributed by atoms with van der Waals surface area (Å²) in [4.78, 5) is 21.6. The van der Waals surface area contributed by atoms with E-state index in [-0.39, 0.29) is 87.1 Å². The zero-order valence-corrected chi connectivity index (χ0v) is 5.89. The van der Waals surface area contributed by atoms with E-state index in [1.165, 1.54) is 0 Å². The Hall–Kier alpha value is 2.95. The Balaban J connectivity index is -0.0000000800. The minimum absolute atomic E-state index is 0. The molecule has 0 rings (SSSR count). The zero-order chi connectivity index (χ0) is 4.50. The van der Waals surface area contributed by atoms with Crippen LogP contribution in [0.25, 0.3) is 0 Å². The molecule has 0 aliphatic rings. The zero-order valence-electron chi connectivity index (χ0n) is 2.58. The Morgan fingerprint density at radius 1 is 1.14 bits per heavy atom. The maximum atomic E-state index is 8.88. The van der Waals surface area contributed by atoms with Crippen LogP contribution in [0.5, 0.6) is 0 Å². The molecule has 0 atom stereocenters. The van der Waals surface area contributed by atoms with E-state index in [0.29, 0.717) is 0 Å². The average Bonchev–Trinajstić information content (AvgIpc) is 0.722. The molecule has 0 spiro atoms. The van der Waals surface area contributed by atoms with Gasteiger partial charge in [-0.15, -0.1) is 0 Å². The van der Waals surface area contributed by atoms with Crippen LogP contribution in [0.4, 0.5) is 0 Å². The van der Waals surface area contributed by atoms with Gasteiger partial charge in [-0.1, -0.05) is 0 Å². The molecule has 0 aliphatic heterocycles. The third-order valence-electron chi connectivity index (χ3n) is 0. The van der Waals surface area contributed by atoms with Gasteiger partial charge in [0.25, 0.3) is 0 Å². The first-order chi connectivity index (χ1) is 2.00. The molecular weight excluding hydrogens is 287 g/mol. The molecule has 0 aromatic rings. The molecule has 43 valence electrons. The second-order valence-electron chi connectivity index (χ2n) is 0.513. The molecule has 3 N–H and O–H groups in total. The van der Waals surface area contributed by atoms with Crippen LogP contribution >= 0.6 is 7.82 Å². The van der Waals surface area contributed by atoms with E-state index in [1.54, 1.807) is 0 Å². The SMILES string of the molecule is O=P(O)(O)O.[CaH2].[Eu]. The molecular formula is H5CaEuO4P. The molecule has 0 aromatic heterocycles. The predicted molar refractivity (Wildman–Crippen MR) is 22.8 cm³/mol.